The van der Waals surface area contributed by atoms with E-state index in [-0.39, 0.29) is 0 Å². The maximum absolute atomic E-state index is 13.6. The molecule has 0 unspecified atom stereocenters. The van der Waals surface area contributed by atoms with Gasteiger partial charge in [-0.05, 0) is 25.7 Å². The Bertz CT molecular complexity index is 733. The average molecular weight is 538 g/mol. The van der Waals surface area contributed by atoms with Crippen molar-refractivity contribution in [2.75, 3.05) is 0 Å². The molecule has 1 N–H and O–H groups in total. The molecule has 0 aromatic carbocycles. The standard InChI is InChI=1S/C16H13F15O3/c1-6(12(17,18)19)9(32)34-11(15(26,27)28,16(29,30)31)8-4-2-7(3-5-8)10(33,13(20,21)22)14(23,24)25/h7-8,33H,1-5H2. The third-order valence-electron chi connectivity index (χ3n) is 5.44. The zero-order valence-electron chi connectivity index (χ0n) is 16.1. The largest absolute Gasteiger partial charge is 0.437 e. The molecule has 0 aliphatic heterocycles. The topological polar surface area (TPSA) is 46.5 Å². The fraction of sp³-hybridized carbons (Fsp3) is 0.812. The molecule has 0 amide bonds. The SMILES string of the molecule is C=C(C(=O)OC(C1CCC(C(O)(C(F)(F)F)C(F)(F)F)CC1)(C(F)(F)F)C(F)(F)F)C(F)(F)F. The quantitative estimate of drug-likeness (QED) is 0.265. The summed E-state index contributed by atoms with van der Waals surface area (Å²) in [5.41, 5.74) is -14.0. The van der Waals surface area contributed by atoms with Crippen LogP contribution in [0.25, 0.3) is 0 Å². The average Bonchev–Trinajstić information content (AvgIpc) is 2.60. The lowest BCUT2D eigenvalue weighted by Gasteiger charge is -2.47. The van der Waals surface area contributed by atoms with E-state index in [9.17, 15) is 75.8 Å². The van der Waals surface area contributed by atoms with Crippen molar-refractivity contribution in [2.24, 2.45) is 11.8 Å². The lowest BCUT2D eigenvalue weighted by atomic mass is 9.67. The number of carbonyl (C=O) groups excluding carboxylic acids is 1. The predicted molar refractivity (Wildman–Crippen MR) is 78.6 cm³/mol. The fourth-order valence-corrected chi connectivity index (χ4v) is 3.69. The first kappa shape index (κ1) is 30.2. The van der Waals surface area contributed by atoms with Crippen molar-refractivity contribution in [1.29, 1.82) is 0 Å². The summed E-state index contributed by atoms with van der Waals surface area (Å²) in [7, 11) is 0. The number of ether oxygens (including phenoxy) is 1. The van der Waals surface area contributed by atoms with Crippen molar-refractivity contribution >= 4 is 5.97 Å². The molecule has 0 aromatic heterocycles. The van der Waals surface area contributed by atoms with Crippen LogP contribution in [0.15, 0.2) is 12.2 Å². The summed E-state index contributed by atoms with van der Waals surface area (Å²) in [5, 5.41) is 9.31. The van der Waals surface area contributed by atoms with Crippen LogP contribution in [0.1, 0.15) is 25.7 Å². The number of aliphatic hydroxyl groups is 1. The Hall–Kier alpha value is -1.88. The molecule has 0 aromatic rings. The van der Waals surface area contributed by atoms with Gasteiger partial charge < -0.3 is 9.84 Å². The van der Waals surface area contributed by atoms with Crippen LogP contribution >= 0.6 is 0 Å². The van der Waals surface area contributed by atoms with Crippen molar-refractivity contribution in [1.82, 2.24) is 0 Å². The summed E-state index contributed by atoms with van der Waals surface area (Å²) in [6.45, 7) is 2.00. The lowest BCUT2D eigenvalue weighted by molar-refractivity contribution is -0.399. The van der Waals surface area contributed by atoms with Gasteiger partial charge in [-0.25, -0.2) is 4.79 Å². The molecule has 1 fully saturated rings. The van der Waals surface area contributed by atoms with Gasteiger partial charge in [0.15, 0.2) is 0 Å². The van der Waals surface area contributed by atoms with Crippen LogP contribution in [0.3, 0.4) is 0 Å². The number of alkyl halides is 15. The Kier molecular flexibility index (Phi) is 7.67. The van der Waals surface area contributed by atoms with Gasteiger partial charge in [0.05, 0.1) is 0 Å². The third kappa shape index (κ3) is 5.05. The first-order chi connectivity index (χ1) is 14.7. The van der Waals surface area contributed by atoms with Crippen LogP contribution in [0.5, 0.6) is 0 Å². The molecule has 0 bridgehead atoms. The van der Waals surface area contributed by atoms with E-state index in [2.05, 4.69) is 4.74 Å². The van der Waals surface area contributed by atoms with Crippen molar-refractivity contribution < 1.29 is 80.5 Å². The van der Waals surface area contributed by atoms with Gasteiger partial charge in [0.1, 0.15) is 5.57 Å². The van der Waals surface area contributed by atoms with Gasteiger partial charge in [0.25, 0.3) is 5.60 Å². The van der Waals surface area contributed by atoms with Crippen molar-refractivity contribution in [3.05, 3.63) is 12.2 Å². The number of rotatable bonds is 4. The van der Waals surface area contributed by atoms with Crippen molar-refractivity contribution in [3.8, 4) is 0 Å². The summed E-state index contributed by atoms with van der Waals surface area (Å²) in [4.78, 5) is 11.4. The first-order valence-electron chi connectivity index (χ1n) is 8.73. The van der Waals surface area contributed by atoms with E-state index in [0.717, 1.165) is 0 Å². The monoisotopic (exact) mass is 538 g/mol. The molecule has 1 saturated carbocycles. The van der Waals surface area contributed by atoms with Crippen LogP contribution in [0.4, 0.5) is 65.9 Å². The van der Waals surface area contributed by atoms with Crippen LogP contribution in [-0.4, -0.2) is 53.2 Å². The predicted octanol–water partition coefficient (Wildman–Crippen LogP) is 6.17. The molecule has 1 aliphatic rings. The van der Waals surface area contributed by atoms with Crippen LogP contribution in [0.2, 0.25) is 0 Å². The molecule has 0 atom stereocenters. The van der Waals surface area contributed by atoms with E-state index in [1.807, 2.05) is 6.58 Å². The van der Waals surface area contributed by atoms with Gasteiger partial charge in [-0.2, -0.15) is 65.9 Å². The lowest BCUT2D eigenvalue weighted by Crippen LogP contribution is -2.66. The highest BCUT2D eigenvalue weighted by atomic mass is 19.4. The molecular formula is C16H13F15O3. The van der Waals surface area contributed by atoms with Gasteiger partial charge in [0, 0.05) is 11.8 Å². The second-order valence-electron chi connectivity index (χ2n) is 7.41. The fourth-order valence-electron chi connectivity index (χ4n) is 3.69. The number of carbonyl (C=O) groups is 1. The van der Waals surface area contributed by atoms with E-state index >= 15 is 0 Å². The van der Waals surface area contributed by atoms with Gasteiger partial charge in [0.2, 0.25) is 0 Å². The summed E-state index contributed by atoms with van der Waals surface area (Å²) in [6.07, 6.45) is -39.1. The Morgan fingerprint density at radius 3 is 1.24 bits per heavy atom. The van der Waals surface area contributed by atoms with E-state index in [1.54, 1.807) is 0 Å². The minimum Gasteiger partial charge on any atom is -0.436 e. The maximum atomic E-state index is 13.6. The summed E-state index contributed by atoms with van der Waals surface area (Å²) >= 11 is 0. The van der Waals surface area contributed by atoms with Crippen LogP contribution in [0, 0.1) is 11.8 Å². The molecule has 1 aliphatic carbocycles. The highest BCUT2D eigenvalue weighted by molar-refractivity contribution is 5.89. The normalized spacial score (nSPS) is 21.9. The zero-order chi connectivity index (χ0) is 27.3. The number of hydrogen-bond donors (Lipinski definition) is 1. The molecule has 0 spiro atoms. The Labute approximate surface area is 179 Å². The molecule has 3 nitrogen and oxygen atoms in total. The van der Waals surface area contributed by atoms with E-state index in [0.29, 0.717) is 0 Å². The summed E-state index contributed by atoms with van der Waals surface area (Å²) < 4.78 is 200. The van der Waals surface area contributed by atoms with E-state index < -0.39 is 91.1 Å². The highest BCUT2D eigenvalue weighted by Crippen LogP contribution is 2.58. The minimum absolute atomic E-state index is 1.73. The molecule has 200 valence electrons. The Morgan fingerprint density at radius 2 is 0.971 bits per heavy atom. The molecule has 0 saturated heterocycles. The van der Waals surface area contributed by atoms with E-state index in [1.165, 1.54) is 0 Å². The first-order valence-corrected chi connectivity index (χ1v) is 8.73. The molecular weight excluding hydrogens is 525 g/mol. The molecule has 34 heavy (non-hydrogen) atoms. The summed E-state index contributed by atoms with van der Waals surface area (Å²) in [5.74, 6) is -9.30. The summed E-state index contributed by atoms with van der Waals surface area (Å²) in [6, 6.07) is 0. The molecule has 0 heterocycles. The minimum atomic E-state index is -6.70. The highest BCUT2D eigenvalue weighted by Gasteiger charge is 2.79. The van der Waals surface area contributed by atoms with Crippen molar-refractivity contribution in [2.45, 2.75) is 67.8 Å². The van der Waals surface area contributed by atoms with Crippen LogP contribution in [-0.2, 0) is 9.53 Å². The number of hydrogen-bond acceptors (Lipinski definition) is 3. The zero-order valence-corrected chi connectivity index (χ0v) is 16.1. The van der Waals surface area contributed by atoms with E-state index in [4.69, 9.17) is 0 Å². The smallest absolute Gasteiger partial charge is 0.436 e. The van der Waals surface area contributed by atoms with Gasteiger partial charge in [-0.15, -0.1) is 0 Å². The number of esters is 1. The van der Waals surface area contributed by atoms with Gasteiger partial charge in [-0.3, -0.25) is 0 Å². The number of halogens is 15. The third-order valence-corrected chi connectivity index (χ3v) is 5.44. The maximum Gasteiger partial charge on any atom is 0.437 e. The second-order valence-corrected chi connectivity index (χ2v) is 7.41. The molecule has 18 heteroatoms. The van der Waals surface area contributed by atoms with Crippen molar-refractivity contribution in [3.63, 3.8) is 0 Å². The van der Waals surface area contributed by atoms with Gasteiger partial charge in [-0.1, -0.05) is 6.58 Å². The molecule has 1 rings (SSSR count). The molecule has 0 radical (unpaired) electrons. The second kappa shape index (κ2) is 8.65. The Balaban J connectivity index is 3.47. The Morgan fingerprint density at radius 1 is 0.647 bits per heavy atom. The van der Waals surface area contributed by atoms with Crippen LogP contribution < -0.4 is 0 Å². The van der Waals surface area contributed by atoms with Gasteiger partial charge >= 0.3 is 42.5 Å².